The van der Waals surface area contributed by atoms with Crippen molar-refractivity contribution in [2.45, 2.75) is 33.2 Å². The van der Waals surface area contributed by atoms with Crippen LogP contribution in [0.3, 0.4) is 0 Å². The van der Waals surface area contributed by atoms with Crippen LogP contribution >= 0.6 is 0 Å². The number of halogens is 1. The maximum absolute atomic E-state index is 13.8. The molecule has 3 heteroatoms. The molecule has 19 heavy (non-hydrogen) atoms. The van der Waals surface area contributed by atoms with Crippen molar-refractivity contribution in [3.8, 4) is 11.3 Å². The summed E-state index contributed by atoms with van der Waals surface area (Å²) in [6, 6.07) is 8.92. The van der Waals surface area contributed by atoms with Crippen LogP contribution in [0.4, 0.5) is 4.39 Å². The van der Waals surface area contributed by atoms with E-state index in [4.69, 9.17) is 4.42 Å². The summed E-state index contributed by atoms with van der Waals surface area (Å²) in [5.74, 6) is 1.17. The van der Waals surface area contributed by atoms with Gasteiger partial charge in [-0.2, -0.15) is 0 Å². The normalized spacial score (nSPS) is 12.6. The van der Waals surface area contributed by atoms with Gasteiger partial charge in [0.1, 0.15) is 17.3 Å². The highest BCUT2D eigenvalue weighted by Crippen LogP contribution is 2.28. The molecule has 0 radical (unpaired) electrons. The standard InChI is InChI=1S/C16H20FNO/c1-4-9-18-12(3)15-7-8-16(19-15)13-10-11(2)5-6-14(13)17/h5-8,10,12,18H,4,9H2,1-3H3. The van der Waals surface area contributed by atoms with Gasteiger partial charge >= 0.3 is 0 Å². The molecule has 1 N–H and O–H groups in total. The fourth-order valence-corrected chi connectivity index (χ4v) is 2.02. The number of rotatable bonds is 5. The number of aryl methyl sites for hydroxylation is 1. The van der Waals surface area contributed by atoms with E-state index in [1.165, 1.54) is 6.07 Å². The van der Waals surface area contributed by atoms with Crippen LogP contribution in [0.25, 0.3) is 11.3 Å². The van der Waals surface area contributed by atoms with Crippen molar-refractivity contribution in [2.24, 2.45) is 0 Å². The summed E-state index contributed by atoms with van der Waals surface area (Å²) < 4.78 is 19.6. The lowest BCUT2D eigenvalue weighted by Gasteiger charge is -2.10. The lowest BCUT2D eigenvalue weighted by atomic mass is 10.1. The lowest BCUT2D eigenvalue weighted by Crippen LogP contribution is -2.18. The van der Waals surface area contributed by atoms with Crippen molar-refractivity contribution < 1.29 is 8.81 Å². The maximum atomic E-state index is 13.8. The third kappa shape index (κ3) is 3.24. The highest BCUT2D eigenvalue weighted by Gasteiger charge is 2.13. The quantitative estimate of drug-likeness (QED) is 0.860. The summed E-state index contributed by atoms with van der Waals surface area (Å²) in [4.78, 5) is 0. The molecule has 0 aliphatic rings. The molecule has 0 saturated carbocycles. The third-order valence-electron chi connectivity index (χ3n) is 3.14. The van der Waals surface area contributed by atoms with Crippen molar-refractivity contribution in [3.63, 3.8) is 0 Å². The minimum Gasteiger partial charge on any atom is -0.459 e. The van der Waals surface area contributed by atoms with Gasteiger partial charge in [-0.25, -0.2) is 4.39 Å². The summed E-state index contributed by atoms with van der Waals surface area (Å²) in [7, 11) is 0. The van der Waals surface area contributed by atoms with Gasteiger partial charge in [-0.1, -0.05) is 18.6 Å². The number of hydrogen-bond acceptors (Lipinski definition) is 2. The monoisotopic (exact) mass is 261 g/mol. The predicted octanol–water partition coefficient (Wildman–Crippen LogP) is 4.45. The fourth-order valence-electron chi connectivity index (χ4n) is 2.02. The van der Waals surface area contributed by atoms with Crippen molar-refractivity contribution in [1.29, 1.82) is 0 Å². The number of hydrogen-bond donors (Lipinski definition) is 1. The first kappa shape index (κ1) is 13.8. The third-order valence-corrected chi connectivity index (χ3v) is 3.14. The van der Waals surface area contributed by atoms with Crippen LogP contribution in [0, 0.1) is 12.7 Å². The van der Waals surface area contributed by atoms with E-state index in [0.717, 1.165) is 24.3 Å². The van der Waals surface area contributed by atoms with Gasteiger partial charge in [-0.3, -0.25) is 0 Å². The molecule has 0 aliphatic heterocycles. The molecule has 1 heterocycles. The highest BCUT2D eigenvalue weighted by molar-refractivity contribution is 5.59. The second-order valence-corrected chi connectivity index (χ2v) is 4.86. The molecule has 0 aliphatic carbocycles. The van der Waals surface area contributed by atoms with Crippen LogP contribution in [-0.4, -0.2) is 6.54 Å². The molecule has 2 nitrogen and oxygen atoms in total. The van der Waals surface area contributed by atoms with E-state index < -0.39 is 0 Å². The second-order valence-electron chi connectivity index (χ2n) is 4.86. The van der Waals surface area contributed by atoms with E-state index in [2.05, 4.69) is 12.2 Å². The first-order chi connectivity index (χ1) is 9.11. The lowest BCUT2D eigenvalue weighted by molar-refractivity contribution is 0.437. The Bertz CT molecular complexity index is 547. The Hall–Kier alpha value is -1.61. The number of furan rings is 1. The molecule has 1 unspecified atom stereocenters. The Kier molecular flexibility index (Phi) is 4.38. The van der Waals surface area contributed by atoms with Gasteiger partial charge in [-0.15, -0.1) is 0 Å². The average molecular weight is 261 g/mol. The molecule has 1 atom stereocenters. The van der Waals surface area contributed by atoms with Gasteiger partial charge in [0.2, 0.25) is 0 Å². The Balaban J connectivity index is 2.23. The van der Waals surface area contributed by atoms with E-state index in [0.29, 0.717) is 11.3 Å². The molecule has 0 saturated heterocycles. The van der Waals surface area contributed by atoms with E-state index in [1.54, 1.807) is 6.07 Å². The second kappa shape index (κ2) is 6.02. The van der Waals surface area contributed by atoms with Crippen LogP contribution in [0.2, 0.25) is 0 Å². The van der Waals surface area contributed by atoms with Gasteiger partial charge in [0.05, 0.1) is 11.6 Å². The average Bonchev–Trinajstić information content (AvgIpc) is 2.88. The van der Waals surface area contributed by atoms with Gasteiger partial charge in [0.25, 0.3) is 0 Å². The molecular weight excluding hydrogens is 241 g/mol. The SMILES string of the molecule is CCCNC(C)c1ccc(-c2cc(C)ccc2F)o1. The summed E-state index contributed by atoms with van der Waals surface area (Å²) in [5.41, 5.74) is 1.54. The van der Waals surface area contributed by atoms with Crippen molar-refractivity contribution in [2.75, 3.05) is 6.54 Å². The summed E-state index contributed by atoms with van der Waals surface area (Å²) in [6.45, 7) is 7.05. The van der Waals surface area contributed by atoms with E-state index >= 15 is 0 Å². The summed E-state index contributed by atoms with van der Waals surface area (Å²) in [5, 5.41) is 3.35. The first-order valence-electron chi connectivity index (χ1n) is 6.71. The molecule has 1 aromatic carbocycles. The topological polar surface area (TPSA) is 25.2 Å². The highest BCUT2D eigenvalue weighted by atomic mass is 19.1. The minimum absolute atomic E-state index is 0.140. The fraction of sp³-hybridized carbons (Fsp3) is 0.375. The largest absolute Gasteiger partial charge is 0.459 e. The molecule has 0 amide bonds. The molecule has 0 bridgehead atoms. The zero-order valence-electron chi connectivity index (χ0n) is 11.7. The molecule has 2 rings (SSSR count). The number of nitrogens with one attached hydrogen (secondary N) is 1. The van der Waals surface area contributed by atoms with Crippen LogP contribution in [-0.2, 0) is 0 Å². The van der Waals surface area contributed by atoms with Crippen molar-refractivity contribution >= 4 is 0 Å². The smallest absolute Gasteiger partial charge is 0.137 e. The van der Waals surface area contributed by atoms with Crippen LogP contribution in [0.5, 0.6) is 0 Å². The van der Waals surface area contributed by atoms with E-state index in [-0.39, 0.29) is 11.9 Å². The Morgan fingerprint density at radius 2 is 2.05 bits per heavy atom. The van der Waals surface area contributed by atoms with Crippen molar-refractivity contribution in [1.82, 2.24) is 5.32 Å². The minimum atomic E-state index is -0.249. The molecule has 0 fully saturated rings. The molecule has 2 aromatic rings. The molecule has 0 spiro atoms. The van der Waals surface area contributed by atoms with E-state index in [1.807, 2.05) is 32.0 Å². The number of benzene rings is 1. The summed E-state index contributed by atoms with van der Waals surface area (Å²) >= 11 is 0. The predicted molar refractivity (Wildman–Crippen MR) is 75.5 cm³/mol. The van der Waals surface area contributed by atoms with Crippen LogP contribution < -0.4 is 5.32 Å². The van der Waals surface area contributed by atoms with Crippen molar-refractivity contribution in [3.05, 3.63) is 47.5 Å². The van der Waals surface area contributed by atoms with Crippen LogP contribution in [0.1, 0.15) is 37.6 Å². The van der Waals surface area contributed by atoms with Crippen LogP contribution in [0.15, 0.2) is 34.7 Å². The summed E-state index contributed by atoms with van der Waals surface area (Å²) in [6.07, 6.45) is 1.07. The van der Waals surface area contributed by atoms with Gasteiger partial charge in [0.15, 0.2) is 0 Å². The zero-order chi connectivity index (χ0) is 13.8. The van der Waals surface area contributed by atoms with Gasteiger partial charge in [0, 0.05) is 0 Å². The first-order valence-corrected chi connectivity index (χ1v) is 6.71. The molecule has 102 valence electrons. The van der Waals surface area contributed by atoms with E-state index in [9.17, 15) is 4.39 Å². The Morgan fingerprint density at radius 3 is 2.79 bits per heavy atom. The zero-order valence-corrected chi connectivity index (χ0v) is 11.7. The van der Waals surface area contributed by atoms with Gasteiger partial charge < -0.3 is 9.73 Å². The Labute approximate surface area is 113 Å². The van der Waals surface area contributed by atoms with Gasteiger partial charge in [-0.05, 0) is 51.1 Å². The molecule has 1 aromatic heterocycles. The Morgan fingerprint density at radius 1 is 1.26 bits per heavy atom. The molecular formula is C16H20FNO. The maximum Gasteiger partial charge on any atom is 0.137 e.